The van der Waals surface area contributed by atoms with Gasteiger partial charge in [0.1, 0.15) is 11.2 Å². The van der Waals surface area contributed by atoms with Gasteiger partial charge in [-0.25, -0.2) is 15.0 Å². The van der Waals surface area contributed by atoms with Crippen LogP contribution in [0.4, 0.5) is 0 Å². The molecule has 1 aliphatic carbocycles. The largest absolute Gasteiger partial charge is 0.456 e. The summed E-state index contributed by atoms with van der Waals surface area (Å²) in [5.74, 6) is 1.99. The van der Waals surface area contributed by atoms with Gasteiger partial charge in [0.2, 0.25) is 0 Å². The summed E-state index contributed by atoms with van der Waals surface area (Å²) in [6, 6.07) is 48.7. The van der Waals surface area contributed by atoms with E-state index in [1.54, 1.807) is 0 Å². The molecule has 8 aromatic rings. The molecular formula is C44H33N3O. The Balaban J connectivity index is 1.22. The second-order valence-corrected chi connectivity index (χ2v) is 12.6. The monoisotopic (exact) mass is 619 g/mol. The van der Waals surface area contributed by atoms with Gasteiger partial charge in [0.05, 0.1) is 0 Å². The molecule has 0 aliphatic heterocycles. The SMILES string of the molecule is CCC1(CC)c2cc(-c3nc(-c4ccccc4)nc(-c4ccc(-c5ccccc5)cc4)n3)ccc2-c2c1ccc1oc3ccccc3c21. The third-order valence-corrected chi connectivity index (χ3v) is 10.2. The fraction of sp³-hybridized carbons (Fsp3) is 0.114. The maximum absolute atomic E-state index is 6.34. The number of para-hydroxylation sites is 1. The number of benzene rings is 6. The quantitative estimate of drug-likeness (QED) is 0.186. The van der Waals surface area contributed by atoms with Crippen LogP contribution in [-0.2, 0) is 5.41 Å². The second kappa shape index (κ2) is 11.1. The zero-order valence-electron chi connectivity index (χ0n) is 26.9. The van der Waals surface area contributed by atoms with Gasteiger partial charge in [-0.3, -0.25) is 0 Å². The lowest BCUT2D eigenvalue weighted by Gasteiger charge is -2.29. The molecule has 0 fully saturated rings. The van der Waals surface area contributed by atoms with Crippen molar-refractivity contribution in [3.63, 3.8) is 0 Å². The van der Waals surface area contributed by atoms with Crippen molar-refractivity contribution in [2.45, 2.75) is 32.1 Å². The number of hydrogen-bond donors (Lipinski definition) is 0. The lowest BCUT2D eigenvalue weighted by Crippen LogP contribution is -2.23. The minimum absolute atomic E-state index is 0.126. The predicted octanol–water partition coefficient (Wildman–Crippen LogP) is 11.5. The van der Waals surface area contributed by atoms with Crippen molar-refractivity contribution in [3.05, 3.63) is 151 Å². The Kier molecular flexibility index (Phi) is 6.58. The standard InChI is InChI=1S/C44H33N3O/c1-3-44(4-2)35-25-26-38-40(34-17-11-12-18-37(34)48-38)39(35)33-24-23-32(27-36(33)44)43-46-41(30-15-9-6-10-16-30)45-42(47-43)31-21-19-29(20-22-31)28-13-7-5-8-14-28/h5-27H,3-4H2,1-2H3. The van der Waals surface area contributed by atoms with E-state index in [1.165, 1.54) is 33.2 Å². The van der Waals surface area contributed by atoms with Crippen LogP contribution in [0.2, 0.25) is 0 Å². The summed E-state index contributed by atoms with van der Waals surface area (Å²) < 4.78 is 6.34. The second-order valence-electron chi connectivity index (χ2n) is 12.6. The molecule has 48 heavy (non-hydrogen) atoms. The van der Waals surface area contributed by atoms with Crippen molar-refractivity contribution in [2.75, 3.05) is 0 Å². The van der Waals surface area contributed by atoms with Crippen LogP contribution in [0.1, 0.15) is 37.8 Å². The van der Waals surface area contributed by atoms with Crippen molar-refractivity contribution < 1.29 is 4.42 Å². The Morgan fingerprint density at radius 2 is 1.02 bits per heavy atom. The molecule has 230 valence electrons. The number of aromatic nitrogens is 3. The summed E-state index contributed by atoms with van der Waals surface area (Å²) >= 11 is 0. The van der Waals surface area contributed by atoms with Gasteiger partial charge in [-0.2, -0.15) is 0 Å². The Morgan fingerprint density at radius 3 is 1.71 bits per heavy atom. The Morgan fingerprint density at radius 1 is 0.479 bits per heavy atom. The highest BCUT2D eigenvalue weighted by Gasteiger charge is 2.42. The summed E-state index contributed by atoms with van der Waals surface area (Å²) in [5.41, 5.74) is 12.2. The minimum Gasteiger partial charge on any atom is -0.456 e. The predicted molar refractivity (Wildman–Crippen MR) is 196 cm³/mol. The summed E-state index contributed by atoms with van der Waals surface area (Å²) in [4.78, 5) is 15.2. The van der Waals surface area contributed by atoms with Gasteiger partial charge < -0.3 is 4.42 Å². The van der Waals surface area contributed by atoms with E-state index in [0.717, 1.165) is 51.6 Å². The summed E-state index contributed by atoms with van der Waals surface area (Å²) in [7, 11) is 0. The Labute approximate surface area is 279 Å². The van der Waals surface area contributed by atoms with Gasteiger partial charge in [-0.05, 0) is 64.4 Å². The molecule has 4 heteroatoms. The summed E-state index contributed by atoms with van der Waals surface area (Å²) in [5, 5.41) is 2.36. The molecule has 0 unspecified atom stereocenters. The molecule has 0 spiro atoms. The zero-order valence-corrected chi connectivity index (χ0v) is 26.9. The molecule has 9 rings (SSSR count). The van der Waals surface area contributed by atoms with Crippen molar-refractivity contribution in [3.8, 4) is 56.4 Å². The normalized spacial score (nSPS) is 13.1. The van der Waals surface area contributed by atoms with Crippen LogP contribution in [0, 0.1) is 0 Å². The van der Waals surface area contributed by atoms with Crippen LogP contribution in [0.25, 0.3) is 78.4 Å². The fourth-order valence-corrected chi connectivity index (χ4v) is 7.74. The molecule has 0 saturated carbocycles. The van der Waals surface area contributed by atoms with Crippen molar-refractivity contribution in [1.82, 2.24) is 15.0 Å². The molecule has 0 radical (unpaired) electrons. The zero-order chi connectivity index (χ0) is 32.2. The maximum atomic E-state index is 6.34. The van der Waals surface area contributed by atoms with Gasteiger partial charge >= 0.3 is 0 Å². The van der Waals surface area contributed by atoms with Crippen LogP contribution in [-0.4, -0.2) is 15.0 Å². The Bertz CT molecular complexity index is 2460. The lowest BCUT2D eigenvalue weighted by molar-refractivity contribution is 0.490. The molecule has 0 atom stereocenters. The van der Waals surface area contributed by atoms with Crippen LogP contribution < -0.4 is 0 Å². The first-order chi connectivity index (χ1) is 23.7. The van der Waals surface area contributed by atoms with E-state index < -0.39 is 0 Å². The average molecular weight is 620 g/mol. The smallest absolute Gasteiger partial charge is 0.164 e. The molecule has 0 N–H and O–H groups in total. The van der Waals surface area contributed by atoms with Gasteiger partial charge in [0, 0.05) is 32.9 Å². The van der Waals surface area contributed by atoms with E-state index in [1.807, 2.05) is 30.3 Å². The van der Waals surface area contributed by atoms with Crippen molar-refractivity contribution in [2.24, 2.45) is 0 Å². The van der Waals surface area contributed by atoms with Crippen LogP contribution in [0.5, 0.6) is 0 Å². The third kappa shape index (κ3) is 4.33. The summed E-state index contributed by atoms with van der Waals surface area (Å²) in [6.07, 6.45) is 1.97. The molecule has 0 bridgehead atoms. The Hall–Kier alpha value is -5.87. The molecule has 0 saturated heterocycles. The topological polar surface area (TPSA) is 51.8 Å². The van der Waals surface area contributed by atoms with Crippen molar-refractivity contribution in [1.29, 1.82) is 0 Å². The number of furan rings is 1. The highest BCUT2D eigenvalue weighted by Crippen LogP contribution is 2.56. The van der Waals surface area contributed by atoms with E-state index >= 15 is 0 Å². The van der Waals surface area contributed by atoms with E-state index in [4.69, 9.17) is 19.4 Å². The van der Waals surface area contributed by atoms with Gasteiger partial charge in [0.25, 0.3) is 0 Å². The molecular weight excluding hydrogens is 587 g/mol. The molecule has 2 heterocycles. The van der Waals surface area contributed by atoms with Crippen molar-refractivity contribution >= 4 is 21.9 Å². The third-order valence-electron chi connectivity index (χ3n) is 10.2. The first-order valence-corrected chi connectivity index (χ1v) is 16.7. The van der Waals surface area contributed by atoms with E-state index in [9.17, 15) is 0 Å². The molecule has 2 aromatic heterocycles. The van der Waals surface area contributed by atoms with Crippen LogP contribution in [0.3, 0.4) is 0 Å². The first kappa shape index (κ1) is 28.4. The van der Waals surface area contributed by atoms with E-state index in [0.29, 0.717) is 17.5 Å². The average Bonchev–Trinajstić information content (AvgIpc) is 3.68. The highest BCUT2D eigenvalue weighted by atomic mass is 16.3. The van der Waals surface area contributed by atoms with Gasteiger partial charge in [-0.1, -0.05) is 135 Å². The highest BCUT2D eigenvalue weighted by molar-refractivity contribution is 6.15. The maximum Gasteiger partial charge on any atom is 0.164 e. The first-order valence-electron chi connectivity index (χ1n) is 16.7. The number of hydrogen-bond acceptors (Lipinski definition) is 4. The molecule has 4 nitrogen and oxygen atoms in total. The molecule has 0 amide bonds. The number of fused-ring (bicyclic) bond motifs is 7. The number of nitrogens with zero attached hydrogens (tertiary/aromatic N) is 3. The lowest BCUT2D eigenvalue weighted by atomic mass is 9.73. The molecule has 6 aromatic carbocycles. The van der Waals surface area contributed by atoms with E-state index in [-0.39, 0.29) is 5.41 Å². The fourth-order valence-electron chi connectivity index (χ4n) is 7.74. The summed E-state index contributed by atoms with van der Waals surface area (Å²) in [6.45, 7) is 4.61. The van der Waals surface area contributed by atoms with Crippen LogP contribution in [0.15, 0.2) is 144 Å². The minimum atomic E-state index is -0.126. The van der Waals surface area contributed by atoms with Crippen LogP contribution >= 0.6 is 0 Å². The number of rotatable bonds is 6. The van der Waals surface area contributed by atoms with Gasteiger partial charge in [-0.15, -0.1) is 0 Å². The van der Waals surface area contributed by atoms with E-state index in [2.05, 4.69) is 123 Å². The van der Waals surface area contributed by atoms with Gasteiger partial charge in [0.15, 0.2) is 17.5 Å². The molecule has 1 aliphatic rings.